The monoisotopic (exact) mass is 807 g/mol. The van der Waals surface area contributed by atoms with E-state index < -0.39 is 0 Å². The smallest absolute Gasteiger partial charge is 0.0887 e. The zero-order chi connectivity index (χ0) is 43.3. The van der Waals surface area contributed by atoms with Gasteiger partial charge in [-0.2, -0.15) is 0 Å². The summed E-state index contributed by atoms with van der Waals surface area (Å²) in [4.78, 5) is 12.1. The highest BCUT2D eigenvalue weighted by molar-refractivity contribution is 6.08. The summed E-state index contributed by atoms with van der Waals surface area (Å²) in [5.74, 6) is 0. The zero-order valence-electron chi connectivity index (χ0n) is 36.2. The maximum Gasteiger partial charge on any atom is 0.0887 e. The molecule has 2 aliphatic carbocycles. The molecule has 0 N–H and O–H groups in total. The molecule has 5 heteroatoms. The molecular formula is C57H53N5. The predicted octanol–water partition coefficient (Wildman–Crippen LogP) is 15.0. The molecule has 4 aromatic heterocycles. The van der Waals surface area contributed by atoms with E-state index in [1.807, 2.05) is 51.6 Å². The van der Waals surface area contributed by atoms with E-state index in [-0.39, 0.29) is 0 Å². The van der Waals surface area contributed by atoms with Gasteiger partial charge in [0.15, 0.2) is 0 Å². The number of rotatable bonds is 9. The van der Waals surface area contributed by atoms with Crippen molar-refractivity contribution in [3.8, 4) is 5.69 Å². The van der Waals surface area contributed by atoms with Gasteiger partial charge in [-0.05, 0) is 116 Å². The van der Waals surface area contributed by atoms with Crippen molar-refractivity contribution in [2.45, 2.75) is 47.0 Å². The molecule has 0 radical (unpaired) electrons. The summed E-state index contributed by atoms with van der Waals surface area (Å²) < 4.78 is 4.62. The summed E-state index contributed by atoms with van der Waals surface area (Å²) in [6, 6.07) is 30.4. The van der Waals surface area contributed by atoms with Crippen LogP contribution in [-0.4, -0.2) is 25.8 Å². The van der Waals surface area contributed by atoms with Crippen molar-refractivity contribution in [1.82, 2.24) is 19.1 Å². The standard InChI is InChI=1S/C51H40N4.C4H7N.C2H6/c1-3-38(40-24-27-43(28-25-40)55-50-29-31-52-34-46(50)47-35-53-32-30-51(47)55)20-17-36(2)33-37-18-21-41(22-19-37)39-11-7-8-12-42(26-23-39)54-48-15-6-4-5-13-44(48)45-14-9-10-16-49(45)54;1-3-4-5-2;1-2/h3,5-6,8-11,13-32,34-35H,2,4,7,33H2,1H3;3-4H,2H2,1H3;1-2H3/b20-17-,26-23-,38-3+,39-11?;4-3-;. The Morgan fingerprint density at radius 1 is 0.742 bits per heavy atom. The van der Waals surface area contributed by atoms with E-state index in [1.54, 1.807) is 6.20 Å². The van der Waals surface area contributed by atoms with E-state index in [1.165, 1.54) is 38.9 Å². The van der Waals surface area contributed by atoms with Crippen molar-refractivity contribution < 1.29 is 0 Å². The minimum atomic E-state index is 0.780. The highest BCUT2D eigenvalue weighted by Gasteiger charge is 2.17. The Morgan fingerprint density at radius 3 is 2.11 bits per heavy atom. The second kappa shape index (κ2) is 20.6. The number of para-hydroxylation sites is 1. The number of pyridine rings is 2. The number of allylic oxidation sites excluding steroid dienone is 13. The van der Waals surface area contributed by atoms with Gasteiger partial charge in [0.1, 0.15) is 0 Å². The Kier molecular flexibility index (Phi) is 14.1. The van der Waals surface area contributed by atoms with Gasteiger partial charge in [-0.1, -0.05) is 141 Å². The first-order chi connectivity index (χ1) is 30.6. The fourth-order valence-corrected chi connectivity index (χ4v) is 7.91. The molecule has 0 aliphatic heterocycles. The molecule has 0 saturated carbocycles. The second-order valence-corrected chi connectivity index (χ2v) is 14.6. The molecule has 62 heavy (non-hydrogen) atoms. The fraction of sp³-hybridized carbons (Fsp3) is 0.123. The van der Waals surface area contributed by atoms with Gasteiger partial charge < -0.3 is 9.13 Å². The molecule has 0 unspecified atom stereocenters. The van der Waals surface area contributed by atoms with Crippen LogP contribution in [0.25, 0.3) is 67.4 Å². The van der Waals surface area contributed by atoms with Crippen LogP contribution in [0.1, 0.15) is 68.5 Å². The van der Waals surface area contributed by atoms with Crippen molar-refractivity contribution in [3.05, 3.63) is 223 Å². The molecule has 0 atom stereocenters. The molecule has 5 nitrogen and oxygen atoms in total. The molecule has 2 aliphatic rings. The van der Waals surface area contributed by atoms with Crippen LogP contribution in [0.5, 0.6) is 0 Å². The Hall–Kier alpha value is -7.59. The lowest BCUT2D eigenvalue weighted by Crippen LogP contribution is -1.98. The molecule has 0 bridgehead atoms. The minimum Gasteiger partial charge on any atom is -0.309 e. The summed E-state index contributed by atoms with van der Waals surface area (Å²) >= 11 is 0. The van der Waals surface area contributed by atoms with Crippen molar-refractivity contribution in [2.24, 2.45) is 4.99 Å². The highest BCUT2D eigenvalue weighted by atomic mass is 15.0. The van der Waals surface area contributed by atoms with Crippen LogP contribution >= 0.6 is 0 Å². The lowest BCUT2D eigenvalue weighted by atomic mass is 9.98. The number of benzene rings is 3. The molecular weight excluding hydrogens is 755 g/mol. The molecule has 0 fully saturated rings. The van der Waals surface area contributed by atoms with E-state index >= 15 is 0 Å². The van der Waals surface area contributed by atoms with Crippen LogP contribution in [-0.2, 0) is 6.42 Å². The van der Waals surface area contributed by atoms with Crippen LogP contribution < -0.4 is 0 Å². The van der Waals surface area contributed by atoms with Crippen molar-refractivity contribution in [2.75, 3.05) is 0 Å². The minimum absolute atomic E-state index is 0.780. The maximum atomic E-state index is 4.41. The zero-order valence-corrected chi connectivity index (χ0v) is 36.2. The van der Waals surface area contributed by atoms with Gasteiger partial charge in [0, 0.05) is 58.4 Å². The Bertz CT molecular complexity index is 2960. The number of aliphatic imine (C=N–C) groups is 1. The van der Waals surface area contributed by atoms with Gasteiger partial charge in [-0.25, -0.2) is 0 Å². The van der Waals surface area contributed by atoms with E-state index in [2.05, 4.69) is 202 Å². The Balaban J connectivity index is 0.000000772. The van der Waals surface area contributed by atoms with Crippen LogP contribution in [0.2, 0.25) is 0 Å². The van der Waals surface area contributed by atoms with Gasteiger partial charge in [-0.15, -0.1) is 0 Å². The van der Waals surface area contributed by atoms with Crippen molar-refractivity contribution in [1.29, 1.82) is 0 Å². The largest absolute Gasteiger partial charge is 0.309 e. The molecule has 4 heterocycles. The third-order valence-corrected chi connectivity index (χ3v) is 10.8. The van der Waals surface area contributed by atoms with Crippen LogP contribution in [0.15, 0.2) is 200 Å². The average molecular weight is 808 g/mol. The number of nitrogens with zero attached hydrogens (tertiary/aromatic N) is 5. The lowest BCUT2D eigenvalue weighted by molar-refractivity contribution is 1.15. The quantitative estimate of drug-likeness (QED) is 0.0828. The van der Waals surface area contributed by atoms with Gasteiger partial charge in [0.25, 0.3) is 0 Å². The summed E-state index contributed by atoms with van der Waals surface area (Å²) in [5.41, 5.74) is 18.6. The fourth-order valence-electron chi connectivity index (χ4n) is 7.91. The first kappa shape index (κ1) is 42.5. The number of hydrogen-bond acceptors (Lipinski definition) is 3. The third-order valence-electron chi connectivity index (χ3n) is 10.8. The van der Waals surface area contributed by atoms with Gasteiger partial charge in [-0.3, -0.25) is 15.0 Å². The maximum absolute atomic E-state index is 4.41. The molecule has 0 amide bonds. The molecule has 7 aromatic rings. The first-order valence-corrected chi connectivity index (χ1v) is 21.4. The average Bonchev–Trinajstić information content (AvgIpc) is 3.68. The molecule has 306 valence electrons. The van der Waals surface area contributed by atoms with Crippen LogP contribution in [0.4, 0.5) is 0 Å². The lowest BCUT2D eigenvalue weighted by Gasteiger charge is -2.11. The summed E-state index contributed by atoms with van der Waals surface area (Å²) in [7, 11) is 0. The molecule has 0 saturated heterocycles. The van der Waals surface area contributed by atoms with Gasteiger partial charge >= 0.3 is 0 Å². The summed E-state index contributed by atoms with van der Waals surface area (Å²) in [5, 5.41) is 3.46. The van der Waals surface area contributed by atoms with E-state index in [0.29, 0.717) is 0 Å². The van der Waals surface area contributed by atoms with Gasteiger partial charge in [0.05, 0.1) is 27.9 Å². The Morgan fingerprint density at radius 2 is 1.44 bits per heavy atom. The molecule has 9 rings (SSSR count). The normalized spacial score (nSPS) is 14.0. The summed E-state index contributed by atoms with van der Waals surface area (Å²) in [6.45, 7) is 15.6. The van der Waals surface area contributed by atoms with Crippen LogP contribution in [0.3, 0.4) is 0 Å². The van der Waals surface area contributed by atoms with E-state index in [4.69, 9.17) is 0 Å². The third kappa shape index (κ3) is 9.24. The number of fused-ring (bicyclic) bond motifs is 6. The SMILES string of the molecule is C=C(/C=C\C(=C/C)c1ccc(-n2c3ccncc3c3cnccc32)cc1)Cc1ccc(C2=CCC=C=C(n3c4c(c5ccccc53)C=CCC=C4)/C=C\2)cc1.C=N/C=C\C.CC. The Labute approximate surface area is 366 Å². The topological polar surface area (TPSA) is 48.0 Å². The first-order valence-electron chi connectivity index (χ1n) is 21.4. The van der Waals surface area contributed by atoms with E-state index in [0.717, 1.165) is 69.2 Å². The van der Waals surface area contributed by atoms with E-state index in [9.17, 15) is 0 Å². The van der Waals surface area contributed by atoms with Gasteiger partial charge in [0.2, 0.25) is 0 Å². The molecule has 3 aromatic carbocycles. The number of hydrogen-bond donors (Lipinski definition) is 0. The van der Waals surface area contributed by atoms with Crippen molar-refractivity contribution >= 4 is 68.4 Å². The summed E-state index contributed by atoms with van der Waals surface area (Å²) in [6.07, 6.45) is 37.8. The molecule has 0 spiro atoms. The number of aromatic nitrogens is 4. The highest BCUT2D eigenvalue weighted by Crippen LogP contribution is 2.35. The second-order valence-electron chi connectivity index (χ2n) is 14.6. The van der Waals surface area contributed by atoms with Crippen LogP contribution in [0, 0.1) is 0 Å². The predicted molar refractivity (Wildman–Crippen MR) is 268 cm³/mol. The van der Waals surface area contributed by atoms with Crippen molar-refractivity contribution in [3.63, 3.8) is 0 Å².